The molecule has 0 spiro atoms. The van der Waals surface area contributed by atoms with Gasteiger partial charge in [0.1, 0.15) is 11.5 Å². The number of amides is 1. The first kappa shape index (κ1) is 22.4. The van der Waals surface area contributed by atoms with Gasteiger partial charge in [-0.25, -0.2) is 0 Å². The Labute approximate surface area is 183 Å². The van der Waals surface area contributed by atoms with Crippen LogP contribution in [0.1, 0.15) is 24.4 Å². The van der Waals surface area contributed by atoms with E-state index < -0.39 is 0 Å². The maximum atomic E-state index is 12.4. The van der Waals surface area contributed by atoms with Gasteiger partial charge in [0.15, 0.2) is 0 Å². The van der Waals surface area contributed by atoms with Gasteiger partial charge < -0.3 is 19.5 Å². The first-order valence-electron chi connectivity index (χ1n) is 10.3. The summed E-state index contributed by atoms with van der Waals surface area (Å²) < 4.78 is 16.3. The highest BCUT2D eigenvalue weighted by molar-refractivity contribution is 6.30. The van der Waals surface area contributed by atoms with E-state index in [2.05, 4.69) is 10.2 Å². The molecular weight excluding hydrogens is 404 g/mol. The fourth-order valence-electron chi connectivity index (χ4n) is 3.43. The second kappa shape index (κ2) is 11.8. The zero-order chi connectivity index (χ0) is 21.2. The summed E-state index contributed by atoms with van der Waals surface area (Å²) in [4.78, 5) is 14.7. The second-order valence-corrected chi connectivity index (χ2v) is 7.58. The highest BCUT2D eigenvalue weighted by Gasteiger charge is 2.23. The molecule has 1 heterocycles. The van der Waals surface area contributed by atoms with E-state index in [0.29, 0.717) is 44.2 Å². The molecule has 30 heavy (non-hydrogen) atoms. The number of methoxy groups -OCH3 is 1. The number of ether oxygens (including phenoxy) is 3. The molecule has 0 aliphatic carbocycles. The Morgan fingerprint density at radius 2 is 1.77 bits per heavy atom. The molecule has 3 rings (SSSR count). The maximum absolute atomic E-state index is 12.4. The molecular formula is C23H29ClN2O4. The van der Waals surface area contributed by atoms with Crippen molar-refractivity contribution in [2.45, 2.75) is 18.9 Å². The number of carbonyl (C=O) groups excluding carboxylic acids is 1. The molecule has 2 aromatic carbocycles. The number of rotatable bonds is 10. The summed E-state index contributed by atoms with van der Waals surface area (Å²) in [6.07, 6.45) is 1.08. The molecule has 0 saturated carbocycles. The van der Waals surface area contributed by atoms with E-state index in [-0.39, 0.29) is 11.9 Å². The summed E-state index contributed by atoms with van der Waals surface area (Å²) in [5.41, 5.74) is 1.14. The third-order valence-corrected chi connectivity index (χ3v) is 5.36. The van der Waals surface area contributed by atoms with Crippen LogP contribution in [0, 0.1) is 0 Å². The third-order valence-electron chi connectivity index (χ3n) is 5.11. The van der Waals surface area contributed by atoms with Crippen LogP contribution in [0.4, 0.5) is 0 Å². The molecule has 1 saturated heterocycles. The molecule has 1 amide bonds. The van der Waals surface area contributed by atoms with Crippen LogP contribution in [-0.4, -0.2) is 57.4 Å². The van der Waals surface area contributed by atoms with Gasteiger partial charge in [0.2, 0.25) is 5.91 Å². The van der Waals surface area contributed by atoms with E-state index in [1.165, 1.54) is 0 Å². The lowest BCUT2D eigenvalue weighted by molar-refractivity contribution is -0.121. The number of nitrogens with zero attached hydrogens (tertiary/aromatic N) is 1. The van der Waals surface area contributed by atoms with E-state index in [4.69, 9.17) is 25.8 Å². The van der Waals surface area contributed by atoms with Crippen LogP contribution in [0.2, 0.25) is 5.02 Å². The predicted molar refractivity (Wildman–Crippen MR) is 117 cm³/mol. The molecule has 162 valence electrons. The molecule has 1 N–H and O–H groups in total. The van der Waals surface area contributed by atoms with Crippen molar-refractivity contribution >= 4 is 17.5 Å². The van der Waals surface area contributed by atoms with E-state index >= 15 is 0 Å². The molecule has 1 atom stereocenters. The second-order valence-electron chi connectivity index (χ2n) is 7.15. The zero-order valence-corrected chi connectivity index (χ0v) is 18.1. The Bertz CT molecular complexity index is 777. The highest BCUT2D eigenvalue weighted by atomic mass is 35.5. The normalized spacial score (nSPS) is 15.4. The number of hydrogen-bond donors (Lipinski definition) is 1. The van der Waals surface area contributed by atoms with E-state index in [9.17, 15) is 4.79 Å². The summed E-state index contributed by atoms with van der Waals surface area (Å²) in [6.45, 7) is 4.16. The Morgan fingerprint density at radius 3 is 2.43 bits per heavy atom. The summed E-state index contributed by atoms with van der Waals surface area (Å²) in [6, 6.07) is 15.4. The lowest BCUT2D eigenvalue weighted by Crippen LogP contribution is -2.43. The Kier molecular flexibility index (Phi) is 8.81. The lowest BCUT2D eigenvalue weighted by Gasteiger charge is -2.35. The van der Waals surface area contributed by atoms with E-state index in [1.807, 2.05) is 48.5 Å². The number of hydrogen-bond acceptors (Lipinski definition) is 5. The first-order valence-corrected chi connectivity index (χ1v) is 10.6. The van der Waals surface area contributed by atoms with Crippen molar-refractivity contribution in [3.63, 3.8) is 0 Å². The zero-order valence-electron chi connectivity index (χ0n) is 17.3. The number of morpholine rings is 1. The van der Waals surface area contributed by atoms with Crippen LogP contribution in [0.5, 0.6) is 11.5 Å². The molecule has 0 aromatic heterocycles. The van der Waals surface area contributed by atoms with Crippen LogP contribution < -0.4 is 14.8 Å². The standard InChI is InChI=1S/C23H29ClN2O4/c1-28-20-8-10-21(11-9-20)30-14-2-3-23(27)25-17-22(26-12-15-29-16-13-26)18-4-6-19(24)7-5-18/h4-11,22H,2-3,12-17H2,1H3,(H,25,27). The van der Waals surface area contributed by atoms with Gasteiger partial charge in [-0.05, 0) is 48.4 Å². The minimum atomic E-state index is 0.0283. The molecule has 1 unspecified atom stereocenters. The van der Waals surface area contributed by atoms with Gasteiger partial charge in [0, 0.05) is 31.1 Å². The summed E-state index contributed by atoms with van der Waals surface area (Å²) in [7, 11) is 1.63. The van der Waals surface area contributed by atoms with E-state index in [1.54, 1.807) is 7.11 Å². The van der Waals surface area contributed by atoms with Gasteiger partial charge in [0.25, 0.3) is 0 Å². The van der Waals surface area contributed by atoms with Crippen LogP contribution in [-0.2, 0) is 9.53 Å². The molecule has 7 heteroatoms. The number of benzene rings is 2. The molecule has 1 fully saturated rings. The number of halogens is 1. The van der Waals surface area contributed by atoms with Crippen LogP contribution in [0.15, 0.2) is 48.5 Å². The van der Waals surface area contributed by atoms with Crippen molar-refractivity contribution < 1.29 is 19.0 Å². The van der Waals surface area contributed by atoms with Gasteiger partial charge in [-0.15, -0.1) is 0 Å². The SMILES string of the molecule is COc1ccc(OCCCC(=O)NCC(c2ccc(Cl)cc2)N2CCOCC2)cc1. The summed E-state index contributed by atoms with van der Waals surface area (Å²) >= 11 is 6.04. The Hall–Kier alpha value is -2.28. The van der Waals surface area contributed by atoms with Crippen molar-refractivity contribution in [3.05, 3.63) is 59.1 Å². The van der Waals surface area contributed by atoms with Crippen molar-refractivity contribution in [1.29, 1.82) is 0 Å². The minimum absolute atomic E-state index is 0.0283. The number of nitrogens with one attached hydrogen (secondary N) is 1. The summed E-state index contributed by atoms with van der Waals surface area (Å²) in [5, 5.41) is 3.79. The van der Waals surface area contributed by atoms with Gasteiger partial charge in [-0.3, -0.25) is 9.69 Å². The van der Waals surface area contributed by atoms with Crippen molar-refractivity contribution in [2.75, 3.05) is 46.6 Å². The molecule has 1 aliphatic rings. The van der Waals surface area contributed by atoms with Crippen LogP contribution in [0.3, 0.4) is 0 Å². The maximum Gasteiger partial charge on any atom is 0.220 e. The van der Waals surface area contributed by atoms with Crippen LogP contribution >= 0.6 is 11.6 Å². The Morgan fingerprint density at radius 1 is 1.10 bits per heavy atom. The largest absolute Gasteiger partial charge is 0.497 e. The minimum Gasteiger partial charge on any atom is -0.497 e. The van der Waals surface area contributed by atoms with Gasteiger partial charge in [-0.2, -0.15) is 0 Å². The Balaban J connectivity index is 1.44. The average Bonchev–Trinajstić information content (AvgIpc) is 2.79. The summed E-state index contributed by atoms with van der Waals surface area (Å²) in [5.74, 6) is 1.59. The van der Waals surface area contributed by atoms with Gasteiger partial charge >= 0.3 is 0 Å². The van der Waals surface area contributed by atoms with Crippen molar-refractivity contribution in [3.8, 4) is 11.5 Å². The number of carbonyl (C=O) groups is 1. The lowest BCUT2D eigenvalue weighted by atomic mass is 10.0. The molecule has 2 aromatic rings. The fourth-order valence-corrected chi connectivity index (χ4v) is 3.55. The molecule has 1 aliphatic heterocycles. The monoisotopic (exact) mass is 432 g/mol. The first-order chi connectivity index (χ1) is 14.7. The average molecular weight is 433 g/mol. The smallest absolute Gasteiger partial charge is 0.220 e. The quantitative estimate of drug-likeness (QED) is 0.580. The third kappa shape index (κ3) is 6.90. The molecule has 0 radical (unpaired) electrons. The van der Waals surface area contributed by atoms with Crippen LogP contribution in [0.25, 0.3) is 0 Å². The predicted octanol–water partition coefficient (Wildman–Crippen LogP) is 3.70. The van der Waals surface area contributed by atoms with E-state index in [0.717, 1.165) is 30.2 Å². The van der Waals surface area contributed by atoms with Crippen molar-refractivity contribution in [1.82, 2.24) is 10.2 Å². The fraction of sp³-hybridized carbons (Fsp3) is 0.435. The molecule has 0 bridgehead atoms. The van der Waals surface area contributed by atoms with Gasteiger partial charge in [-0.1, -0.05) is 23.7 Å². The van der Waals surface area contributed by atoms with Crippen molar-refractivity contribution in [2.24, 2.45) is 0 Å². The van der Waals surface area contributed by atoms with Gasteiger partial charge in [0.05, 0.1) is 33.0 Å². The highest BCUT2D eigenvalue weighted by Crippen LogP contribution is 2.23. The topological polar surface area (TPSA) is 60.0 Å². The molecule has 6 nitrogen and oxygen atoms in total.